The maximum atomic E-state index is 13.9. The summed E-state index contributed by atoms with van der Waals surface area (Å²) in [6, 6.07) is 8.43. The largest absolute Gasteiger partial charge is 0.398 e. The second kappa shape index (κ2) is 7.86. The molecule has 0 radical (unpaired) electrons. The Hall–Kier alpha value is -1.98. The van der Waals surface area contributed by atoms with Gasteiger partial charge in [0.2, 0.25) is 0 Å². The zero-order chi connectivity index (χ0) is 22.6. The molecule has 2 aromatic carbocycles. The van der Waals surface area contributed by atoms with Crippen molar-refractivity contribution in [2.24, 2.45) is 5.41 Å². The first-order chi connectivity index (χ1) is 14.6. The van der Waals surface area contributed by atoms with Gasteiger partial charge in [-0.15, -0.1) is 0 Å². The molecule has 1 heterocycles. The van der Waals surface area contributed by atoms with Crippen molar-refractivity contribution in [3.63, 3.8) is 0 Å². The summed E-state index contributed by atoms with van der Waals surface area (Å²) in [4.78, 5) is 2.49. The highest BCUT2D eigenvalue weighted by molar-refractivity contribution is 5.59. The molecule has 0 amide bonds. The minimum Gasteiger partial charge on any atom is -0.398 e. The zero-order valence-corrected chi connectivity index (χ0v) is 19.3. The van der Waals surface area contributed by atoms with E-state index in [2.05, 4.69) is 38.7 Å². The molecule has 168 valence electrons. The second-order valence-corrected chi connectivity index (χ2v) is 10.2. The minimum atomic E-state index is -0.559. The van der Waals surface area contributed by atoms with E-state index in [9.17, 15) is 8.78 Å². The summed E-state index contributed by atoms with van der Waals surface area (Å²) in [6.45, 7) is 12.9. The van der Waals surface area contributed by atoms with Crippen molar-refractivity contribution in [2.45, 2.75) is 71.6 Å². The van der Waals surface area contributed by atoms with Gasteiger partial charge in [-0.1, -0.05) is 32.9 Å². The van der Waals surface area contributed by atoms with E-state index in [4.69, 9.17) is 10.5 Å². The number of anilines is 1. The molecular weight excluding hydrogens is 394 g/mol. The minimum absolute atomic E-state index is 0.00394. The van der Waals surface area contributed by atoms with Gasteiger partial charge in [-0.25, -0.2) is 8.78 Å². The van der Waals surface area contributed by atoms with Gasteiger partial charge in [0.1, 0.15) is 11.6 Å². The van der Waals surface area contributed by atoms with Crippen molar-refractivity contribution >= 4 is 5.69 Å². The Balaban J connectivity index is 1.54. The van der Waals surface area contributed by atoms with Gasteiger partial charge in [-0.05, 0) is 73.5 Å². The van der Waals surface area contributed by atoms with E-state index in [0.717, 1.165) is 31.6 Å². The number of benzene rings is 2. The standard InChI is InChI=1S/C26H34F2N2O/c1-16-9-10-22(29)18-13-23-25(3,4)26(5,24(16)18)11-12-30(23)14-17(2)31-15-19-20(27)7-6-8-21(19)28/h6-10,17,23H,11-15,29H2,1-5H3. The molecule has 2 aliphatic rings. The van der Waals surface area contributed by atoms with E-state index in [1.165, 1.54) is 34.9 Å². The molecule has 0 aromatic heterocycles. The first-order valence-electron chi connectivity index (χ1n) is 11.2. The predicted molar refractivity (Wildman–Crippen MR) is 121 cm³/mol. The monoisotopic (exact) mass is 428 g/mol. The van der Waals surface area contributed by atoms with Crippen molar-refractivity contribution in [3.8, 4) is 0 Å². The summed E-state index contributed by atoms with van der Waals surface area (Å²) in [6.07, 6.45) is 1.82. The molecule has 2 aromatic rings. The van der Waals surface area contributed by atoms with E-state index in [1.54, 1.807) is 0 Å². The van der Waals surface area contributed by atoms with Gasteiger partial charge in [0.25, 0.3) is 0 Å². The first kappa shape index (κ1) is 22.2. The lowest BCUT2D eigenvalue weighted by atomic mass is 9.50. The molecule has 0 saturated carbocycles. The smallest absolute Gasteiger partial charge is 0.131 e. The highest BCUT2D eigenvalue weighted by Gasteiger charge is 2.56. The summed E-state index contributed by atoms with van der Waals surface area (Å²) >= 11 is 0. The van der Waals surface area contributed by atoms with Gasteiger partial charge >= 0.3 is 0 Å². The molecular formula is C26H34F2N2O. The molecule has 4 rings (SSSR count). The topological polar surface area (TPSA) is 38.5 Å². The molecule has 2 N–H and O–H groups in total. The van der Waals surface area contributed by atoms with Crippen LogP contribution in [0.3, 0.4) is 0 Å². The summed E-state index contributed by atoms with van der Waals surface area (Å²) in [5, 5.41) is 0. The molecule has 0 spiro atoms. The van der Waals surface area contributed by atoms with E-state index in [0.29, 0.717) is 6.04 Å². The van der Waals surface area contributed by atoms with Gasteiger partial charge < -0.3 is 10.5 Å². The van der Waals surface area contributed by atoms with E-state index < -0.39 is 11.6 Å². The number of fused-ring (bicyclic) bond motifs is 4. The number of nitrogens with zero attached hydrogens (tertiary/aromatic N) is 1. The van der Waals surface area contributed by atoms with Crippen LogP contribution in [-0.2, 0) is 23.2 Å². The number of hydrogen-bond acceptors (Lipinski definition) is 3. The van der Waals surface area contributed by atoms with Crippen LogP contribution >= 0.6 is 0 Å². The van der Waals surface area contributed by atoms with Crippen molar-refractivity contribution in [2.75, 3.05) is 18.8 Å². The number of nitrogen functional groups attached to an aromatic ring is 1. The van der Waals surface area contributed by atoms with E-state index >= 15 is 0 Å². The average Bonchev–Trinajstić information content (AvgIpc) is 2.68. The second-order valence-electron chi connectivity index (χ2n) is 10.2. The van der Waals surface area contributed by atoms with E-state index in [1.807, 2.05) is 13.0 Å². The molecule has 1 aliphatic heterocycles. The van der Waals surface area contributed by atoms with Crippen LogP contribution in [0.2, 0.25) is 0 Å². The quantitative estimate of drug-likeness (QED) is 0.650. The first-order valence-corrected chi connectivity index (χ1v) is 11.2. The van der Waals surface area contributed by atoms with Gasteiger partial charge in [0.05, 0.1) is 12.7 Å². The Bertz CT molecular complexity index is 969. The highest BCUT2D eigenvalue weighted by atomic mass is 19.1. The lowest BCUT2D eigenvalue weighted by molar-refractivity contribution is -0.0653. The summed E-state index contributed by atoms with van der Waals surface area (Å²) in [5.74, 6) is -1.12. The Labute approximate surface area is 184 Å². The molecule has 3 atom stereocenters. The summed E-state index contributed by atoms with van der Waals surface area (Å²) in [5.41, 5.74) is 11.5. The molecule has 1 saturated heterocycles. The third-order valence-electron chi connectivity index (χ3n) is 8.17. The maximum Gasteiger partial charge on any atom is 0.131 e. The SMILES string of the molecule is Cc1ccc(N)c2c1C1(C)CCN(CC(C)OCc3c(F)cccc3F)C(C2)C1(C)C. The Morgan fingerprint density at radius 1 is 1.16 bits per heavy atom. The number of piperidine rings is 1. The van der Waals surface area contributed by atoms with Gasteiger partial charge in [0.15, 0.2) is 0 Å². The van der Waals surface area contributed by atoms with Crippen LogP contribution in [0.4, 0.5) is 14.5 Å². The van der Waals surface area contributed by atoms with Crippen LogP contribution in [0.1, 0.15) is 56.4 Å². The molecule has 3 nitrogen and oxygen atoms in total. The van der Waals surface area contributed by atoms with Gasteiger partial charge in [-0.2, -0.15) is 0 Å². The maximum absolute atomic E-state index is 13.9. The fraction of sp³-hybridized carbons (Fsp3) is 0.538. The Morgan fingerprint density at radius 3 is 2.52 bits per heavy atom. The van der Waals surface area contributed by atoms with Crippen LogP contribution in [0.5, 0.6) is 0 Å². The van der Waals surface area contributed by atoms with Gasteiger partial charge in [-0.3, -0.25) is 4.90 Å². The number of halogens is 2. The molecule has 1 aliphatic carbocycles. The zero-order valence-electron chi connectivity index (χ0n) is 19.3. The Morgan fingerprint density at radius 2 is 1.84 bits per heavy atom. The number of rotatable bonds is 5. The molecule has 1 fully saturated rings. The number of likely N-dealkylation sites (tertiary alicyclic amines) is 1. The highest BCUT2D eigenvalue weighted by Crippen LogP contribution is 2.57. The van der Waals surface area contributed by atoms with Crippen LogP contribution in [-0.4, -0.2) is 30.1 Å². The number of nitrogens with two attached hydrogens (primary N) is 1. The van der Waals surface area contributed by atoms with E-state index in [-0.39, 0.29) is 29.1 Å². The average molecular weight is 429 g/mol. The lowest BCUT2D eigenvalue weighted by Gasteiger charge is -2.61. The summed E-state index contributed by atoms with van der Waals surface area (Å²) < 4.78 is 33.8. The predicted octanol–water partition coefficient (Wildman–Crippen LogP) is 5.38. The third-order valence-corrected chi connectivity index (χ3v) is 8.17. The normalized spacial score (nSPS) is 25.8. The third kappa shape index (κ3) is 3.56. The fourth-order valence-corrected chi connectivity index (χ4v) is 5.96. The molecule has 2 bridgehead atoms. The van der Waals surface area contributed by atoms with Crippen LogP contribution in [0, 0.1) is 24.0 Å². The number of hydrogen-bond donors (Lipinski definition) is 1. The van der Waals surface area contributed by atoms with Crippen molar-refractivity contribution in [1.29, 1.82) is 0 Å². The molecule has 31 heavy (non-hydrogen) atoms. The van der Waals surface area contributed by atoms with Crippen molar-refractivity contribution in [3.05, 3.63) is 64.2 Å². The Kier molecular flexibility index (Phi) is 5.63. The molecule has 3 unspecified atom stereocenters. The number of ether oxygens (including phenoxy) is 1. The van der Waals surface area contributed by atoms with Crippen molar-refractivity contribution < 1.29 is 13.5 Å². The fourth-order valence-electron chi connectivity index (χ4n) is 5.96. The van der Waals surface area contributed by atoms with Crippen LogP contribution in [0.25, 0.3) is 0 Å². The summed E-state index contributed by atoms with van der Waals surface area (Å²) in [7, 11) is 0. The van der Waals surface area contributed by atoms with Crippen molar-refractivity contribution in [1.82, 2.24) is 4.90 Å². The van der Waals surface area contributed by atoms with Gasteiger partial charge in [0, 0.05) is 29.3 Å². The van der Waals surface area contributed by atoms with Crippen LogP contribution < -0.4 is 5.73 Å². The molecule has 5 heteroatoms. The number of aryl methyl sites for hydroxylation is 1. The van der Waals surface area contributed by atoms with Crippen LogP contribution in [0.15, 0.2) is 30.3 Å². The lowest BCUT2D eigenvalue weighted by Crippen LogP contribution is -2.64.